The van der Waals surface area contributed by atoms with Crippen molar-refractivity contribution in [2.45, 2.75) is 6.92 Å². The van der Waals surface area contributed by atoms with Gasteiger partial charge in [0.1, 0.15) is 0 Å². The van der Waals surface area contributed by atoms with Crippen LogP contribution in [0.25, 0.3) is 10.8 Å². The van der Waals surface area contributed by atoms with E-state index in [-0.39, 0.29) is 5.91 Å². The maximum atomic E-state index is 11.7. The van der Waals surface area contributed by atoms with E-state index in [2.05, 4.69) is 17.6 Å². The molecule has 0 radical (unpaired) electrons. The van der Waals surface area contributed by atoms with Crippen LogP contribution in [0, 0.1) is 0 Å². The number of hydrogen-bond acceptors (Lipinski definition) is 1. The fourth-order valence-corrected chi connectivity index (χ4v) is 1.63. The first-order chi connectivity index (χ1) is 8.22. The van der Waals surface area contributed by atoms with Gasteiger partial charge in [-0.05, 0) is 18.4 Å². The predicted octanol–water partition coefficient (Wildman–Crippen LogP) is 3.51. The van der Waals surface area contributed by atoms with Crippen LogP contribution in [0.2, 0.25) is 0 Å². The molecule has 0 unspecified atom stereocenters. The Balaban J connectivity index is 2.43. The van der Waals surface area contributed by atoms with Crippen molar-refractivity contribution in [3.63, 3.8) is 0 Å². The van der Waals surface area contributed by atoms with Crippen molar-refractivity contribution in [3.8, 4) is 0 Å². The fraction of sp³-hybridized carbons (Fsp3) is 0.0667. The second-order valence-electron chi connectivity index (χ2n) is 3.78. The van der Waals surface area contributed by atoms with Crippen molar-refractivity contribution in [1.29, 1.82) is 0 Å². The number of rotatable bonds is 2. The minimum absolute atomic E-state index is 0.170. The molecule has 0 spiro atoms. The van der Waals surface area contributed by atoms with Crippen molar-refractivity contribution in [2.75, 3.05) is 5.32 Å². The highest BCUT2D eigenvalue weighted by atomic mass is 16.1. The maximum Gasteiger partial charge on any atom is 0.259 e. The standard InChI is InChI=1S/C15H13NO/c1-3-11(2)15(17)16-14-10-6-8-12-7-4-5-9-13(12)14/h4-10H,1H2,2H3,(H,16,17). The second-order valence-corrected chi connectivity index (χ2v) is 3.78. The monoisotopic (exact) mass is 223 g/mol. The van der Waals surface area contributed by atoms with E-state index in [0.717, 1.165) is 16.5 Å². The van der Waals surface area contributed by atoms with Crippen molar-refractivity contribution in [1.82, 2.24) is 0 Å². The third kappa shape index (κ3) is 2.27. The zero-order valence-electron chi connectivity index (χ0n) is 9.66. The lowest BCUT2D eigenvalue weighted by molar-refractivity contribution is -0.112. The summed E-state index contributed by atoms with van der Waals surface area (Å²) in [6, 6.07) is 13.7. The average Bonchev–Trinajstić information content (AvgIpc) is 2.38. The molecule has 0 saturated heterocycles. The van der Waals surface area contributed by atoms with E-state index >= 15 is 0 Å². The van der Waals surface area contributed by atoms with Gasteiger partial charge >= 0.3 is 0 Å². The number of carbonyl (C=O) groups is 1. The molecule has 2 nitrogen and oxygen atoms in total. The summed E-state index contributed by atoms with van der Waals surface area (Å²) in [5.41, 5.74) is 3.88. The minimum atomic E-state index is -0.170. The van der Waals surface area contributed by atoms with Crippen LogP contribution in [0.1, 0.15) is 6.92 Å². The van der Waals surface area contributed by atoms with E-state index in [1.807, 2.05) is 42.5 Å². The summed E-state index contributed by atoms with van der Waals surface area (Å²) in [4.78, 5) is 11.7. The Labute approximate surface area is 100 Å². The molecule has 0 aliphatic rings. The van der Waals surface area contributed by atoms with Gasteiger partial charge in [0.25, 0.3) is 5.91 Å². The van der Waals surface area contributed by atoms with Gasteiger partial charge in [0, 0.05) is 11.1 Å². The lowest BCUT2D eigenvalue weighted by Gasteiger charge is -2.07. The van der Waals surface area contributed by atoms with Crippen LogP contribution in [0.15, 0.2) is 60.3 Å². The Kier molecular flexibility index (Phi) is 3.08. The summed E-state index contributed by atoms with van der Waals surface area (Å²) in [6.45, 7) is 5.15. The molecule has 0 bridgehead atoms. The van der Waals surface area contributed by atoms with Gasteiger partial charge in [-0.1, -0.05) is 43.0 Å². The first-order valence-electron chi connectivity index (χ1n) is 5.38. The summed E-state index contributed by atoms with van der Waals surface area (Å²) < 4.78 is 0. The number of carbonyl (C=O) groups excluding carboxylic acids is 1. The first kappa shape index (κ1) is 11.2. The lowest BCUT2D eigenvalue weighted by atomic mass is 10.1. The summed E-state index contributed by atoms with van der Waals surface area (Å²) in [5.74, 6) is -0.170. The Morgan fingerprint density at radius 1 is 1.18 bits per heavy atom. The summed E-state index contributed by atoms with van der Waals surface area (Å²) >= 11 is 0. The molecule has 17 heavy (non-hydrogen) atoms. The van der Waals surface area contributed by atoms with Crippen molar-refractivity contribution < 1.29 is 4.79 Å². The topological polar surface area (TPSA) is 29.1 Å². The molecule has 0 aliphatic carbocycles. The molecular formula is C15H13NO. The number of anilines is 1. The highest BCUT2D eigenvalue weighted by Gasteiger charge is 2.06. The van der Waals surface area contributed by atoms with Gasteiger partial charge in [0.15, 0.2) is 0 Å². The van der Waals surface area contributed by atoms with Crippen molar-refractivity contribution in [2.24, 2.45) is 0 Å². The first-order valence-corrected chi connectivity index (χ1v) is 5.38. The molecule has 0 fully saturated rings. The van der Waals surface area contributed by atoms with E-state index in [0.29, 0.717) is 5.57 Å². The van der Waals surface area contributed by atoms with Gasteiger partial charge < -0.3 is 5.32 Å². The molecule has 0 aliphatic heterocycles. The van der Waals surface area contributed by atoms with Crippen LogP contribution in [0.5, 0.6) is 0 Å². The Bertz CT molecular complexity index is 616. The second kappa shape index (κ2) is 4.69. The zero-order valence-corrected chi connectivity index (χ0v) is 9.66. The predicted molar refractivity (Wildman–Crippen MR) is 70.9 cm³/mol. The Hall–Kier alpha value is -2.31. The molecule has 0 saturated carbocycles. The third-order valence-electron chi connectivity index (χ3n) is 2.64. The number of hydrogen-bond donors (Lipinski definition) is 1. The highest BCUT2D eigenvalue weighted by Crippen LogP contribution is 2.23. The van der Waals surface area contributed by atoms with Gasteiger partial charge in [0.2, 0.25) is 0 Å². The van der Waals surface area contributed by atoms with Gasteiger partial charge in [-0.3, -0.25) is 4.79 Å². The van der Waals surface area contributed by atoms with E-state index in [1.54, 1.807) is 6.92 Å². The molecule has 2 aromatic rings. The number of benzene rings is 2. The summed E-state index contributed by atoms with van der Waals surface area (Å²) in [7, 11) is 0. The maximum absolute atomic E-state index is 11.7. The van der Waals surface area contributed by atoms with E-state index in [1.165, 1.54) is 0 Å². The van der Waals surface area contributed by atoms with Crippen LogP contribution >= 0.6 is 0 Å². The SMILES string of the molecule is C=C=C(C)C(=O)Nc1cccc2ccccc12. The van der Waals surface area contributed by atoms with Crippen molar-refractivity contribution >= 4 is 22.4 Å². The van der Waals surface area contributed by atoms with E-state index < -0.39 is 0 Å². The molecule has 0 atom stereocenters. The molecule has 2 rings (SSSR count). The average molecular weight is 223 g/mol. The van der Waals surface area contributed by atoms with Crippen LogP contribution in [0.3, 0.4) is 0 Å². The highest BCUT2D eigenvalue weighted by molar-refractivity contribution is 6.08. The van der Waals surface area contributed by atoms with Crippen LogP contribution < -0.4 is 5.32 Å². The van der Waals surface area contributed by atoms with Gasteiger partial charge in [-0.25, -0.2) is 0 Å². The summed E-state index contributed by atoms with van der Waals surface area (Å²) in [5, 5.41) is 4.99. The quantitative estimate of drug-likeness (QED) is 0.612. The molecule has 2 aromatic carbocycles. The van der Waals surface area contributed by atoms with Crippen LogP contribution in [0.4, 0.5) is 5.69 Å². The molecule has 0 heterocycles. The van der Waals surface area contributed by atoms with Gasteiger partial charge in [0.05, 0.1) is 5.57 Å². The van der Waals surface area contributed by atoms with Gasteiger partial charge in [-0.15, -0.1) is 5.73 Å². The molecule has 0 aromatic heterocycles. The normalized spacial score (nSPS) is 9.71. The molecular weight excluding hydrogens is 210 g/mol. The molecule has 1 amide bonds. The number of fused-ring (bicyclic) bond motifs is 1. The van der Waals surface area contributed by atoms with Crippen molar-refractivity contribution in [3.05, 3.63) is 60.3 Å². The lowest BCUT2D eigenvalue weighted by Crippen LogP contribution is -2.12. The number of nitrogens with one attached hydrogen (secondary N) is 1. The Morgan fingerprint density at radius 3 is 2.65 bits per heavy atom. The molecule has 84 valence electrons. The fourth-order valence-electron chi connectivity index (χ4n) is 1.63. The third-order valence-corrected chi connectivity index (χ3v) is 2.64. The Morgan fingerprint density at radius 2 is 1.88 bits per heavy atom. The summed E-state index contributed by atoms with van der Waals surface area (Å²) in [6.07, 6.45) is 0. The van der Waals surface area contributed by atoms with Crippen LogP contribution in [-0.4, -0.2) is 5.91 Å². The van der Waals surface area contributed by atoms with Gasteiger partial charge in [-0.2, -0.15) is 0 Å². The van der Waals surface area contributed by atoms with Crippen LogP contribution in [-0.2, 0) is 4.79 Å². The largest absolute Gasteiger partial charge is 0.321 e. The minimum Gasteiger partial charge on any atom is -0.321 e. The molecule has 2 heteroatoms. The zero-order chi connectivity index (χ0) is 12.3. The van der Waals surface area contributed by atoms with E-state index in [9.17, 15) is 4.79 Å². The molecule has 1 N–H and O–H groups in total. The number of amides is 1. The smallest absolute Gasteiger partial charge is 0.259 e. The van der Waals surface area contributed by atoms with E-state index in [4.69, 9.17) is 0 Å².